The Balaban J connectivity index is 0.00000261. The van der Waals surface area contributed by atoms with Gasteiger partial charge in [-0.1, -0.05) is 27.2 Å². The van der Waals surface area contributed by atoms with E-state index >= 15 is 0 Å². The van der Waals surface area contributed by atoms with Gasteiger partial charge in [0.05, 0.1) is 0 Å². The molecule has 3 N–H and O–H groups in total. The number of nitrogens with one attached hydrogen (secondary N) is 1. The van der Waals surface area contributed by atoms with Crippen molar-refractivity contribution in [1.82, 2.24) is 10.2 Å². The van der Waals surface area contributed by atoms with E-state index in [-0.39, 0.29) is 29.6 Å². The van der Waals surface area contributed by atoms with Gasteiger partial charge in [-0.05, 0) is 56.3 Å². The van der Waals surface area contributed by atoms with Crippen molar-refractivity contribution < 1.29 is 9.59 Å². The quantitative estimate of drug-likeness (QED) is 0.765. The zero-order valence-electron chi connectivity index (χ0n) is 17.2. The molecule has 1 saturated heterocycles. The van der Waals surface area contributed by atoms with Crippen LogP contribution in [0, 0.1) is 29.1 Å². The number of fused-ring (bicyclic) bond motifs is 2. The van der Waals surface area contributed by atoms with Crippen LogP contribution in [-0.2, 0) is 9.59 Å². The molecule has 156 valence electrons. The number of carbonyl (C=O) groups is 2. The summed E-state index contributed by atoms with van der Waals surface area (Å²) in [6, 6.07) is 0.314. The molecular formula is C21H38ClN3O2. The van der Waals surface area contributed by atoms with E-state index in [0.717, 1.165) is 38.8 Å². The summed E-state index contributed by atoms with van der Waals surface area (Å²) in [5.41, 5.74) is 6.03. The maximum absolute atomic E-state index is 13.1. The van der Waals surface area contributed by atoms with Crippen molar-refractivity contribution >= 4 is 24.2 Å². The van der Waals surface area contributed by atoms with Gasteiger partial charge < -0.3 is 16.0 Å². The minimum absolute atomic E-state index is 0. The van der Waals surface area contributed by atoms with E-state index in [1.807, 2.05) is 20.8 Å². The molecule has 3 unspecified atom stereocenters. The molecule has 3 aliphatic rings. The highest BCUT2D eigenvalue weighted by Gasteiger charge is 2.42. The van der Waals surface area contributed by atoms with E-state index in [9.17, 15) is 9.59 Å². The highest BCUT2D eigenvalue weighted by Crippen LogP contribution is 2.42. The summed E-state index contributed by atoms with van der Waals surface area (Å²) in [4.78, 5) is 27.3. The molecule has 3 atom stereocenters. The van der Waals surface area contributed by atoms with Gasteiger partial charge in [0.1, 0.15) is 0 Å². The molecule has 1 aliphatic heterocycles. The summed E-state index contributed by atoms with van der Waals surface area (Å²) in [7, 11) is 0. The fourth-order valence-corrected chi connectivity index (χ4v) is 5.18. The van der Waals surface area contributed by atoms with Gasteiger partial charge in [0, 0.05) is 37.0 Å². The third-order valence-electron chi connectivity index (χ3n) is 6.83. The Bertz CT molecular complexity index is 520. The minimum Gasteiger partial charge on any atom is -0.355 e. The van der Waals surface area contributed by atoms with E-state index in [0.29, 0.717) is 36.2 Å². The van der Waals surface area contributed by atoms with Crippen LogP contribution in [0.4, 0.5) is 0 Å². The number of likely N-dealkylation sites (tertiary alicyclic amines) is 1. The summed E-state index contributed by atoms with van der Waals surface area (Å²) < 4.78 is 0. The molecule has 0 aromatic rings. The highest BCUT2D eigenvalue weighted by atomic mass is 35.5. The van der Waals surface area contributed by atoms with E-state index in [4.69, 9.17) is 5.73 Å². The van der Waals surface area contributed by atoms with Crippen LogP contribution in [0.5, 0.6) is 0 Å². The first-order valence-corrected chi connectivity index (χ1v) is 10.6. The molecule has 6 heteroatoms. The summed E-state index contributed by atoms with van der Waals surface area (Å²) >= 11 is 0. The molecule has 3 rings (SSSR count). The predicted octanol–water partition coefficient (Wildman–Crippen LogP) is 2.96. The van der Waals surface area contributed by atoms with Gasteiger partial charge in [0.15, 0.2) is 0 Å². The fourth-order valence-electron chi connectivity index (χ4n) is 5.18. The second-order valence-corrected chi connectivity index (χ2v) is 9.95. The summed E-state index contributed by atoms with van der Waals surface area (Å²) in [6.07, 6.45) is 7.78. The van der Waals surface area contributed by atoms with E-state index in [1.54, 1.807) is 0 Å². The molecule has 27 heavy (non-hydrogen) atoms. The van der Waals surface area contributed by atoms with Crippen molar-refractivity contribution in [3.63, 3.8) is 0 Å². The van der Waals surface area contributed by atoms with Crippen LogP contribution in [-0.4, -0.2) is 42.4 Å². The Morgan fingerprint density at radius 2 is 1.70 bits per heavy atom. The molecule has 3 fully saturated rings. The van der Waals surface area contributed by atoms with Crippen molar-refractivity contribution in [3.8, 4) is 0 Å². The van der Waals surface area contributed by atoms with Gasteiger partial charge in [-0.15, -0.1) is 12.4 Å². The third-order valence-corrected chi connectivity index (χ3v) is 6.83. The number of nitrogens with two attached hydrogens (primary N) is 1. The second kappa shape index (κ2) is 9.13. The third kappa shape index (κ3) is 5.38. The zero-order chi connectivity index (χ0) is 18.9. The number of carbonyl (C=O) groups excluding carboxylic acids is 2. The van der Waals surface area contributed by atoms with Crippen LogP contribution in [0.3, 0.4) is 0 Å². The van der Waals surface area contributed by atoms with Gasteiger partial charge in [0.25, 0.3) is 0 Å². The minimum atomic E-state index is -0.358. The number of rotatable bonds is 3. The van der Waals surface area contributed by atoms with Crippen molar-refractivity contribution in [1.29, 1.82) is 0 Å². The molecule has 2 amide bonds. The predicted molar refractivity (Wildman–Crippen MR) is 111 cm³/mol. The van der Waals surface area contributed by atoms with E-state index in [1.165, 1.54) is 19.3 Å². The van der Waals surface area contributed by atoms with Gasteiger partial charge in [-0.3, -0.25) is 9.59 Å². The van der Waals surface area contributed by atoms with Crippen LogP contribution in [0.15, 0.2) is 0 Å². The lowest BCUT2D eigenvalue weighted by atomic mass is 9.65. The maximum Gasteiger partial charge on any atom is 0.225 e. The van der Waals surface area contributed by atoms with Crippen molar-refractivity contribution in [2.75, 3.05) is 19.6 Å². The number of amides is 2. The maximum atomic E-state index is 13.1. The number of halogens is 1. The Kier molecular flexibility index (Phi) is 7.60. The monoisotopic (exact) mass is 399 g/mol. The van der Waals surface area contributed by atoms with E-state index < -0.39 is 0 Å². The molecule has 0 aromatic heterocycles. The lowest BCUT2D eigenvalue weighted by Crippen LogP contribution is -2.51. The Labute approximate surface area is 170 Å². The standard InChI is InChI=1S/C21H37N3O2.ClH/c1-21(2,3)20(26)23-12-14-6-5-9-24(13-14)19(25)17-10-15-7-4-8-16(11-17)18(15)22;/h14-18H,4-13,22H2,1-3H3,(H,23,26);1H. The normalized spacial score (nSPS) is 33.8. The molecule has 0 radical (unpaired) electrons. The second-order valence-electron chi connectivity index (χ2n) is 9.95. The first kappa shape index (κ1) is 22.5. The lowest BCUT2D eigenvalue weighted by molar-refractivity contribution is -0.140. The molecule has 2 bridgehead atoms. The fraction of sp³-hybridized carbons (Fsp3) is 0.905. The average molecular weight is 400 g/mol. The average Bonchev–Trinajstić information content (AvgIpc) is 2.58. The topological polar surface area (TPSA) is 75.4 Å². The lowest BCUT2D eigenvalue weighted by Gasteiger charge is -2.45. The number of hydrogen-bond donors (Lipinski definition) is 2. The van der Waals surface area contributed by atoms with Gasteiger partial charge >= 0.3 is 0 Å². The smallest absolute Gasteiger partial charge is 0.225 e. The molecule has 5 nitrogen and oxygen atoms in total. The summed E-state index contributed by atoms with van der Waals surface area (Å²) in [5.74, 6) is 2.08. The SMILES string of the molecule is CC(C)(C)C(=O)NCC1CCCN(C(=O)C2CC3CCCC(C2)C3N)C1.Cl. The van der Waals surface area contributed by atoms with Crippen LogP contribution < -0.4 is 11.1 Å². The Morgan fingerprint density at radius 3 is 2.30 bits per heavy atom. The summed E-state index contributed by atoms with van der Waals surface area (Å²) in [5, 5.41) is 3.08. The van der Waals surface area contributed by atoms with Gasteiger partial charge in [-0.25, -0.2) is 0 Å². The van der Waals surface area contributed by atoms with Crippen LogP contribution in [0.1, 0.15) is 65.7 Å². The molecule has 2 aliphatic carbocycles. The van der Waals surface area contributed by atoms with E-state index in [2.05, 4.69) is 10.2 Å². The van der Waals surface area contributed by atoms with Crippen molar-refractivity contribution in [2.45, 2.75) is 71.8 Å². The van der Waals surface area contributed by atoms with Gasteiger partial charge in [0.2, 0.25) is 11.8 Å². The van der Waals surface area contributed by atoms with Crippen LogP contribution in [0.2, 0.25) is 0 Å². The zero-order valence-corrected chi connectivity index (χ0v) is 18.0. The first-order chi connectivity index (χ1) is 12.3. The Hall–Kier alpha value is -0.810. The molecule has 1 heterocycles. The molecular weight excluding hydrogens is 362 g/mol. The molecule has 2 saturated carbocycles. The highest BCUT2D eigenvalue weighted by molar-refractivity contribution is 5.85. The largest absolute Gasteiger partial charge is 0.355 e. The van der Waals surface area contributed by atoms with Crippen molar-refractivity contribution in [3.05, 3.63) is 0 Å². The first-order valence-electron chi connectivity index (χ1n) is 10.6. The van der Waals surface area contributed by atoms with Gasteiger partial charge in [-0.2, -0.15) is 0 Å². The summed E-state index contributed by atoms with van der Waals surface area (Å²) in [6.45, 7) is 8.15. The van der Waals surface area contributed by atoms with Crippen LogP contribution >= 0.6 is 12.4 Å². The molecule has 0 aromatic carbocycles. The molecule has 0 spiro atoms. The van der Waals surface area contributed by atoms with Crippen LogP contribution in [0.25, 0.3) is 0 Å². The van der Waals surface area contributed by atoms with Crippen molar-refractivity contribution in [2.24, 2.45) is 34.8 Å². The number of nitrogens with zero attached hydrogens (tertiary/aromatic N) is 1. The number of piperidine rings is 1. The Morgan fingerprint density at radius 1 is 1.07 bits per heavy atom. The number of hydrogen-bond acceptors (Lipinski definition) is 3.